The summed E-state index contributed by atoms with van der Waals surface area (Å²) in [5, 5.41) is 46.2. The SMILES string of the molecule is Oc1ccccc1/C=N/N/C=N/C(O)CC(O)/N=C/N/N=C/c1ccccc1O. The van der Waals surface area contributed by atoms with Gasteiger partial charge >= 0.3 is 0 Å². The maximum absolute atomic E-state index is 9.72. The van der Waals surface area contributed by atoms with Crippen molar-refractivity contribution in [1.29, 1.82) is 0 Å². The van der Waals surface area contributed by atoms with Crippen LogP contribution in [0.15, 0.2) is 68.7 Å². The molecule has 0 saturated carbocycles. The van der Waals surface area contributed by atoms with E-state index in [1.165, 1.54) is 24.6 Å². The molecule has 0 radical (unpaired) electrons. The molecule has 0 amide bonds. The van der Waals surface area contributed by atoms with Crippen LogP contribution in [0, 0.1) is 0 Å². The van der Waals surface area contributed by atoms with Gasteiger partial charge in [0, 0.05) is 17.5 Å². The summed E-state index contributed by atoms with van der Waals surface area (Å²) in [4.78, 5) is 7.49. The predicted octanol–water partition coefficient (Wildman–Crippen LogP) is 0.728. The van der Waals surface area contributed by atoms with Gasteiger partial charge in [0.05, 0.1) is 12.4 Å². The number of nitrogens with zero attached hydrogens (tertiary/aromatic N) is 4. The fourth-order valence-electron chi connectivity index (χ4n) is 2.02. The van der Waals surface area contributed by atoms with Crippen molar-refractivity contribution >= 4 is 25.1 Å². The van der Waals surface area contributed by atoms with Crippen molar-refractivity contribution in [3.63, 3.8) is 0 Å². The Kier molecular flexibility index (Phi) is 8.80. The number of aliphatic hydroxyl groups excluding tert-OH is 2. The number of hydrogen-bond acceptors (Lipinski definition) is 8. The van der Waals surface area contributed by atoms with Crippen LogP contribution in [0.25, 0.3) is 0 Å². The molecule has 0 fully saturated rings. The minimum Gasteiger partial charge on any atom is -0.507 e. The van der Waals surface area contributed by atoms with Crippen molar-refractivity contribution < 1.29 is 20.4 Å². The van der Waals surface area contributed by atoms with Crippen LogP contribution < -0.4 is 10.9 Å². The number of benzene rings is 2. The molecule has 10 nitrogen and oxygen atoms in total. The maximum Gasteiger partial charge on any atom is 0.151 e. The zero-order valence-electron chi connectivity index (χ0n) is 15.4. The standard InChI is InChI=1S/C19H22N6O4/c26-16-7-3-1-5-14(16)10-22-24-12-20-18(28)9-19(29)21-13-25-23-11-15-6-2-4-8-17(15)27/h1-8,10-13,18-19,26-29H,9H2,(H,20,24)(H,21,25)/b22-10+,23-11+. The number of aliphatic hydroxyl groups is 2. The lowest BCUT2D eigenvalue weighted by Crippen LogP contribution is -2.17. The summed E-state index contributed by atoms with van der Waals surface area (Å²) in [5.41, 5.74) is 6.01. The normalized spacial score (nSPS) is 14.1. The van der Waals surface area contributed by atoms with E-state index < -0.39 is 12.5 Å². The Bertz CT molecular complexity index is 813. The van der Waals surface area contributed by atoms with Crippen LogP contribution in [0.1, 0.15) is 17.5 Å². The molecule has 2 aromatic carbocycles. The second-order valence-corrected chi connectivity index (χ2v) is 5.65. The number of para-hydroxylation sites is 2. The van der Waals surface area contributed by atoms with Crippen molar-refractivity contribution in [3.8, 4) is 11.5 Å². The summed E-state index contributed by atoms with van der Waals surface area (Å²) >= 11 is 0. The summed E-state index contributed by atoms with van der Waals surface area (Å²) in [6.45, 7) is 0. The molecule has 0 aliphatic carbocycles. The highest BCUT2D eigenvalue weighted by atomic mass is 16.3. The lowest BCUT2D eigenvalue weighted by Gasteiger charge is -2.07. The van der Waals surface area contributed by atoms with Crippen molar-refractivity contribution in [3.05, 3.63) is 59.7 Å². The minimum absolute atomic E-state index is 0.0921. The number of phenols is 2. The van der Waals surface area contributed by atoms with Crippen molar-refractivity contribution in [1.82, 2.24) is 10.9 Å². The first-order valence-corrected chi connectivity index (χ1v) is 8.59. The summed E-state index contributed by atoms with van der Waals surface area (Å²) in [6, 6.07) is 13.3. The Morgan fingerprint density at radius 2 is 1.14 bits per heavy atom. The Labute approximate surface area is 167 Å². The molecule has 10 heteroatoms. The summed E-state index contributed by atoms with van der Waals surface area (Å²) < 4.78 is 0. The number of nitrogens with one attached hydrogen (secondary N) is 2. The zero-order valence-corrected chi connectivity index (χ0v) is 15.4. The van der Waals surface area contributed by atoms with E-state index in [2.05, 4.69) is 31.0 Å². The molecule has 2 aromatic rings. The van der Waals surface area contributed by atoms with Gasteiger partial charge in [-0.2, -0.15) is 10.2 Å². The average Bonchev–Trinajstić information content (AvgIpc) is 2.70. The lowest BCUT2D eigenvalue weighted by atomic mass is 10.2. The molecule has 0 saturated heterocycles. The van der Waals surface area contributed by atoms with Crippen LogP contribution in [-0.4, -0.2) is 58.0 Å². The smallest absolute Gasteiger partial charge is 0.151 e. The Balaban J connectivity index is 1.68. The molecular formula is C19H22N6O4. The molecule has 0 aromatic heterocycles. The number of hydrogen-bond donors (Lipinski definition) is 6. The molecule has 0 spiro atoms. The van der Waals surface area contributed by atoms with Gasteiger partial charge in [0.15, 0.2) is 12.5 Å². The van der Waals surface area contributed by atoms with E-state index in [-0.39, 0.29) is 17.9 Å². The van der Waals surface area contributed by atoms with Crippen LogP contribution in [0.4, 0.5) is 0 Å². The number of hydrazone groups is 2. The first-order valence-electron chi connectivity index (χ1n) is 8.59. The van der Waals surface area contributed by atoms with Gasteiger partial charge in [0.2, 0.25) is 0 Å². The van der Waals surface area contributed by atoms with E-state index in [1.807, 2.05) is 0 Å². The molecule has 29 heavy (non-hydrogen) atoms. The molecule has 6 N–H and O–H groups in total. The molecule has 2 unspecified atom stereocenters. The fourth-order valence-corrected chi connectivity index (χ4v) is 2.02. The monoisotopic (exact) mass is 398 g/mol. The highest BCUT2D eigenvalue weighted by Gasteiger charge is 2.07. The van der Waals surface area contributed by atoms with E-state index in [0.29, 0.717) is 11.1 Å². The molecule has 2 rings (SSSR count). The fraction of sp³-hybridized carbons (Fsp3) is 0.158. The summed E-state index contributed by atoms with van der Waals surface area (Å²) in [6.07, 6.45) is 2.59. The van der Waals surface area contributed by atoms with E-state index in [4.69, 9.17) is 0 Å². The Hall–Kier alpha value is -3.76. The zero-order chi connectivity index (χ0) is 20.9. The predicted molar refractivity (Wildman–Crippen MR) is 111 cm³/mol. The maximum atomic E-state index is 9.72. The van der Waals surface area contributed by atoms with E-state index in [9.17, 15) is 20.4 Å². The number of rotatable bonds is 10. The molecule has 0 heterocycles. The Morgan fingerprint density at radius 1 is 0.724 bits per heavy atom. The van der Waals surface area contributed by atoms with Gasteiger partial charge in [-0.1, -0.05) is 24.3 Å². The van der Waals surface area contributed by atoms with E-state index in [0.717, 1.165) is 12.7 Å². The summed E-state index contributed by atoms with van der Waals surface area (Å²) in [5.74, 6) is 0.184. The van der Waals surface area contributed by atoms with Gasteiger partial charge in [0.25, 0.3) is 0 Å². The third kappa shape index (κ3) is 8.20. The van der Waals surface area contributed by atoms with Crippen molar-refractivity contribution in [2.45, 2.75) is 18.9 Å². The number of phenolic OH excluding ortho intramolecular Hbond substituents is 2. The topological polar surface area (TPSA) is 154 Å². The van der Waals surface area contributed by atoms with Gasteiger partial charge in [-0.25, -0.2) is 9.98 Å². The van der Waals surface area contributed by atoms with Crippen LogP contribution in [0.5, 0.6) is 11.5 Å². The molecule has 0 aliphatic heterocycles. The van der Waals surface area contributed by atoms with Crippen LogP contribution in [-0.2, 0) is 0 Å². The number of aliphatic imine (C=N–C) groups is 2. The first-order chi connectivity index (χ1) is 14.1. The van der Waals surface area contributed by atoms with Crippen LogP contribution >= 0.6 is 0 Å². The van der Waals surface area contributed by atoms with Gasteiger partial charge < -0.3 is 20.4 Å². The third-order valence-corrected chi connectivity index (χ3v) is 3.46. The van der Waals surface area contributed by atoms with Crippen LogP contribution in [0.2, 0.25) is 0 Å². The average molecular weight is 398 g/mol. The Morgan fingerprint density at radius 3 is 1.55 bits per heavy atom. The molecule has 2 atom stereocenters. The minimum atomic E-state index is -1.19. The van der Waals surface area contributed by atoms with Gasteiger partial charge in [0.1, 0.15) is 24.2 Å². The molecule has 0 aliphatic rings. The van der Waals surface area contributed by atoms with E-state index in [1.54, 1.807) is 36.4 Å². The van der Waals surface area contributed by atoms with Gasteiger partial charge in [-0.3, -0.25) is 10.9 Å². The quantitative estimate of drug-likeness (QED) is 0.197. The molecular weight excluding hydrogens is 376 g/mol. The molecule has 0 bridgehead atoms. The summed E-state index contributed by atoms with van der Waals surface area (Å²) in [7, 11) is 0. The number of aromatic hydroxyl groups is 2. The van der Waals surface area contributed by atoms with Crippen LogP contribution in [0.3, 0.4) is 0 Å². The van der Waals surface area contributed by atoms with Gasteiger partial charge in [-0.15, -0.1) is 0 Å². The van der Waals surface area contributed by atoms with Crippen molar-refractivity contribution in [2.75, 3.05) is 0 Å². The van der Waals surface area contributed by atoms with Crippen molar-refractivity contribution in [2.24, 2.45) is 20.2 Å². The largest absolute Gasteiger partial charge is 0.507 e. The second-order valence-electron chi connectivity index (χ2n) is 5.65. The third-order valence-electron chi connectivity index (χ3n) is 3.46. The van der Waals surface area contributed by atoms with Gasteiger partial charge in [-0.05, 0) is 24.3 Å². The molecule has 152 valence electrons. The highest BCUT2D eigenvalue weighted by Crippen LogP contribution is 2.13. The lowest BCUT2D eigenvalue weighted by molar-refractivity contribution is 0.0912. The van der Waals surface area contributed by atoms with E-state index >= 15 is 0 Å². The highest BCUT2D eigenvalue weighted by molar-refractivity contribution is 5.84. The second kappa shape index (κ2) is 11.8. The first kappa shape index (κ1) is 21.5.